The van der Waals surface area contributed by atoms with E-state index in [0.29, 0.717) is 18.0 Å². The molecule has 2 saturated heterocycles. The number of halogens is 1. The van der Waals surface area contributed by atoms with Gasteiger partial charge in [-0.15, -0.1) is 0 Å². The maximum Gasteiger partial charge on any atom is 0.404 e. The van der Waals surface area contributed by atoms with Crippen molar-refractivity contribution in [1.82, 2.24) is 20.2 Å². The van der Waals surface area contributed by atoms with Crippen LogP contribution in [-0.2, 0) is 9.53 Å². The van der Waals surface area contributed by atoms with Gasteiger partial charge < -0.3 is 29.7 Å². The van der Waals surface area contributed by atoms with Crippen LogP contribution in [0.3, 0.4) is 0 Å². The third kappa shape index (κ3) is 5.78. The molecular formula is C19H26FN5O5. The van der Waals surface area contributed by atoms with E-state index in [-0.39, 0.29) is 36.8 Å². The number of amides is 2. The van der Waals surface area contributed by atoms with Crippen LogP contribution in [0, 0.1) is 0 Å². The van der Waals surface area contributed by atoms with Crippen LogP contribution in [-0.4, -0.2) is 84.0 Å². The summed E-state index contributed by atoms with van der Waals surface area (Å²) < 4.78 is 24.2. The monoisotopic (exact) mass is 423 g/mol. The summed E-state index contributed by atoms with van der Waals surface area (Å²) in [6.45, 7) is 1.90. The molecule has 0 aromatic carbocycles. The molecule has 2 N–H and O–H groups in total. The highest BCUT2D eigenvalue weighted by Crippen LogP contribution is 2.23. The first-order chi connectivity index (χ1) is 14.5. The minimum Gasteiger partial charge on any atom is -0.486 e. The van der Waals surface area contributed by atoms with Crippen molar-refractivity contribution in [1.29, 1.82) is 0 Å². The lowest BCUT2D eigenvalue weighted by Crippen LogP contribution is -2.40. The number of carboxylic acid groups (broad SMARTS) is 1. The van der Waals surface area contributed by atoms with Crippen LogP contribution < -0.4 is 15.0 Å². The van der Waals surface area contributed by atoms with E-state index < -0.39 is 6.09 Å². The number of ether oxygens (including phenoxy) is 2. The van der Waals surface area contributed by atoms with Crippen molar-refractivity contribution in [2.45, 2.75) is 31.5 Å². The summed E-state index contributed by atoms with van der Waals surface area (Å²) in [6.07, 6.45) is 4.12. The van der Waals surface area contributed by atoms with Gasteiger partial charge in [0.1, 0.15) is 12.7 Å². The van der Waals surface area contributed by atoms with Gasteiger partial charge in [0.2, 0.25) is 5.95 Å². The first-order valence-electron chi connectivity index (χ1n) is 9.81. The smallest absolute Gasteiger partial charge is 0.404 e. The van der Waals surface area contributed by atoms with Gasteiger partial charge in [0.05, 0.1) is 24.8 Å². The number of piperidine rings is 1. The second-order valence-electron chi connectivity index (χ2n) is 7.29. The molecule has 30 heavy (non-hydrogen) atoms. The van der Waals surface area contributed by atoms with Crippen LogP contribution in [0.5, 0.6) is 5.75 Å². The molecule has 2 aliphatic heterocycles. The highest BCUT2D eigenvalue weighted by Gasteiger charge is 2.33. The van der Waals surface area contributed by atoms with E-state index in [1.807, 2.05) is 4.90 Å². The average Bonchev–Trinajstić information content (AvgIpc) is 3.07. The van der Waals surface area contributed by atoms with Crippen molar-refractivity contribution in [3.8, 4) is 5.75 Å². The number of carbonyl (C=O) groups excluding carboxylic acids is 1. The molecule has 0 unspecified atom stereocenters. The van der Waals surface area contributed by atoms with E-state index >= 15 is 0 Å². The standard InChI is InChI=1S/C19H26FN5O5/c1-24-5-4-16(17(24)26)30-14-2-6-25(7-3-14)18-21-10-15(11-22-18)29-12-13(8-20)9-23-19(27)28/h8,10-11,14,16,23H,2-7,9,12H2,1H3,(H,27,28)/b13-8+/t16-/m0/s1. The predicted octanol–water partition coefficient (Wildman–Crippen LogP) is 1.19. The number of rotatable bonds is 8. The fraction of sp³-hybridized carbons (Fsp3) is 0.579. The number of likely N-dealkylation sites (N-methyl/N-ethyl adjacent to an activating group) is 1. The quantitative estimate of drug-likeness (QED) is 0.640. The molecule has 164 valence electrons. The van der Waals surface area contributed by atoms with Crippen molar-refractivity contribution in [2.75, 3.05) is 44.7 Å². The van der Waals surface area contributed by atoms with Gasteiger partial charge in [-0.3, -0.25) is 4.79 Å². The molecule has 1 atom stereocenters. The normalized spacial score (nSPS) is 20.5. The van der Waals surface area contributed by atoms with Gasteiger partial charge in [0, 0.05) is 45.2 Å². The SMILES string of the molecule is CN1CC[C@H](OC2CCN(c3ncc(OC/C(=C/F)CNC(=O)O)cn3)CC2)C1=O. The molecule has 2 aliphatic rings. The zero-order valence-electron chi connectivity index (χ0n) is 16.8. The van der Waals surface area contributed by atoms with Gasteiger partial charge in [0.15, 0.2) is 5.75 Å². The molecule has 3 heterocycles. The highest BCUT2D eigenvalue weighted by molar-refractivity contribution is 5.82. The Kier molecular flexibility index (Phi) is 7.39. The predicted molar refractivity (Wildman–Crippen MR) is 105 cm³/mol. The number of anilines is 1. The number of nitrogens with zero attached hydrogens (tertiary/aromatic N) is 4. The van der Waals surface area contributed by atoms with E-state index in [2.05, 4.69) is 15.3 Å². The molecule has 1 aromatic heterocycles. The lowest BCUT2D eigenvalue weighted by atomic mass is 10.1. The number of aromatic nitrogens is 2. The Morgan fingerprint density at radius 2 is 2.00 bits per heavy atom. The molecule has 2 amide bonds. The Morgan fingerprint density at radius 3 is 2.57 bits per heavy atom. The fourth-order valence-electron chi connectivity index (χ4n) is 3.37. The largest absolute Gasteiger partial charge is 0.486 e. The minimum absolute atomic E-state index is 0.0506. The molecule has 0 radical (unpaired) electrons. The second kappa shape index (κ2) is 10.2. The van der Waals surface area contributed by atoms with Crippen molar-refractivity contribution in [3.63, 3.8) is 0 Å². The summed E-state index contributed by atoms with van der Waals surface area (Å²) >= 11 is 0. The van der Waals surface area contributed by atoms with E-state index in [1.165, 1.54) is 12.4 Å². The lowest BCUT2D eigenvalue weighted by molar-refractivity contribution is -0.140. The minimum atomic E-state index is -1.24. The number of nitrogens with one attached hydrogen (secondary N) is 1. The summed E-state index contributed by atoms with van der Waals surface area (Å²) in [5, 5.41) is 10.6. The van der Waals surface area contributed by atoms with Crippen molar-refractivity contribution < 1.29 is 28.6 Å². The zero-order valence-corrected chi connectivity index (χ0v) is 16.8. The number of hydrogen-bond acceptors (Lipinski definition) is 7. The zero-order chi connectivity index (χ0) is 21.5. The molecular weight excluding hydrogens is 397 g/mol. The number of likely N-dealkylation sites (tertiary alicyclic amines) is 1. The summed E-state index contributed by atoms with van der Waals surface area (Å²) in [5.74, 6) is 0.975. The van der Waals surface area contributed by atoms with Crippen LogP contribution in [0.4, 0.5) is 15.1 Å². The van der Waals surface area contributed by atoms with Crippen LogP contribution in [0.2, 0.25) is 0 Å². The van der Waals surface area contributed by atoms with E-state index in [4.69, 9.17) is 14.6 Å². The van der Waals surface area contributed by atoms with Crippen LogP contribution >= 0.6 is 0 Å². The van der Waals surface area contributed by atoms with Gasteiger partial charge in [-0.1, -0.05) is 0 Å². The molecule has 0 aliphatic carbocycles. The Labute approximate surface area is 173 Å². The van der Waals surface area contributed by atoms with Gasteiger partial charge in [0.25, 0.3) is 5.91 Å². The summed E-state index contributed by atoms with van der Waals surface area (Å²) in [7, 11) is 1.79. The van der Waals surface area contributed by atoms with Gasteiger partial charge in [-0.25, -0.2) is 19.2 Å². The molecule has 3 rings (SSSR count). The second-order valence-corrected chi connectivity index (χ2v) is 7.29. The van der Waals surface area contributed by atoms with Crippen molar-refractivity contribution in [2.24, 2.45) is 0 Å². The van der Waals surface area contributed by atoms with E-state index in [9.17, 15) is 14.0 Å². The van der Waals surface area contributed by atoms with Gasteiger partial charge in [-0.2, -0.15) is 0 Å². The van der Waals surface area contributed by atoms with Crippen LogP contribution in [0.15, 0.2) is 24.3 Å². The Morgan fingerprint density at radius 1 is 1.30 bits per heavy atom. The first-order valence-corrected chi connectivity index (χ1v) is 9.81. The van der Waals surface area contributed by atoms with Crippen molar-refractivity contribution >= 4 is 17.9 Å². The molecule has 0 bridgehead atoms. The number of hydrogen-bond donors (Lipinski definition) is 2. The third-order valence-corrected chi connectivity index (χ3v) is 5.12. The Hall–Kier alpha value is -2.95. The first kappa shape index (κ1) is 21.8. The summed E-state index contributed by atoms with van der Waals surface area (Å²) in [5.41, 5.74) is 0.149. The summed E-state index contributed by atoms with van der Waals surface area (Å²) in [6, 6.07) is 0. The topological polar surface area (TPSA) is 117 Å². The molecule has 1 aromatic rings. The summed E-state index contributed by atoms with van der Waals surface area (Å²) in [4.78, 5) is 34.8. The van der Waals surface area contributed by atoms with E-state index in [1.54, 1.807) is 11.9 Å². The van der Waals surface area contributed by atoms with Crippen molar-refractivity contribution in [3.05, 3.63) is 24.3 Å². The van der Waals surface area contributed by atoms with Crippen LogP contribution in [0.25, 0.3) is 0 Å². The highest BCUT2D eigenvalue weighted by atomic mass is 19.1. The molecule has 11 heteroatoms. The molecule has 0 saturated carbocycles. The third-order valence-electron chi connectivity index (χ3n) is 5.12. The lowest BCUT2D eigenvalue weighted by Gasteiger charge is -2.32. The Bertz CT molecular complexity index is 767. The van der Waals surface area contributed by atoms with E-state index in [0.717, 1.165) is 38.9 Å². The maximum atomic E-state index is 12.8. The van der Waals surface area contributed by atoms with Gasteiger partial charge >= 0.3 is 6.09 Å². The number of carbonyl (C=O) groups is 2. The van der Waals surface area contributed by atoms with Gasteiger partial charge in [-0.05, 0) is 12.8 Å². The fourth-order valence-corrected chi connectivity index (χ4v) is 3.37. The molecule has 10 nitrogen and oxygen atoms in total. The molecule has 0 spiro atoms. The maximum absolute atomic E-state index is 12.8. The molecule has 2 fully saturated rings. The average molecular weight is 423 g/mol. The van der Waals surface area contributed by atoms with Crippen LogP contribution in [0.1, 0.15) is 19.3 Å². The Balaban J connectivity index is 1.43.